The molecule has 0 amide bonds. The van der Waals surface area contributed by atoms with Gasteiger partial charge in [-0.3, -0.25) is 4.79 Å². The first-order chi connectivity index (χ1) is 12.9. The minimum atomic E-state index is -0.354. The molecule has 0 radical (unpaired) electrons. The largest absolute Gasteiger partial charge is 0.508 e. The van der Waals surface area contributed by atoms with Crippen LogP contribution >= 0.6 is 0 Å². The Balaban J connectivity index is 2.17. The Morgan fingerprint density at radius 1 is 1.04 bits per heavy atom. The molecule has 0 fully saturated rings. The van der Waals surface area contributed by atoms with Gasteiger partial charge in [0.05, 0.1) is 0 Å². The maximum atomic E-state index is 12.8. The quantitative estimate of drug-likeness (QED) is 0.485. The minimum Gasteiger partial charge on any atom is -0.508 e. The maximum Gasteiger partial charge on any atom is 0.200 e. The van der Waals surface area contributed by atoms with E-state index in [1.54, 1.807) is 24.3 Å². The van der Waals surface area contributed by atoms with E-state index in [9.17, 15) is 15.0 Å². The Kier molecular flexibility index (Phi) is 7.24. The topological polar surface area (TPSA) is 66.8 Å². The van der Waals surface area contributed by atoms with Crippen molar-refractivity contribution in [2.75, 3.05) is 6.61 Å². The lowest BCUT2D eigenvalue weighted by Gasteiger charge is -2.12. The van der Waals surface area contributed by atoms with Gasteiger partial charge < -0.3 is 14.9 Å². The summed E-state index contributed by atoms with van der Waals surface area (Å²) in [5.74, 6) is -0.651. The first kappa shape index (κ1) is 20.3. The number of allylic oxidation sites excluding steroid dienone is 3. The van der Waals surface area contributed by atoms with Crippen LogP contribution in [0.4, 0.5) is 0 Å². The number of rotatable bonds is 8. The molecule has 0 unspecified atom stereocenters. The Morgan fingerprint density at radius 2 is 1.74 bits per heavy atom. The summed E-state index contributed by atoms with van der Waals surface area (Å²) in [4.78, 5) is 12.8. The summed E-state index contributed by atoms with van der Waals surface area (Å²) in [6, 6.07) is 11.2. The fourth-order valence-corrected chi connectivity index (χ4v) is 2.63. The molecule has 2 N–H and O–H groups in total. The lowest BCUT2D eigenvalue weighted by atomic mass is 10.0. The highest BCUT2D eigenvalue weighted by atomic mass is 16.5. The molecule has 27 heavy (non-hydrogen) atoms. The van der Waals surface area contributed by atoms with E-state index in [4.69, 9.17) is 4.74 Å². The third kappa shape index (κ3) is 6.03. The van der Waals surface area contributed by atoms with E-state index in [1.807, 2.05) is 19.1 Å². The Bertz CT molecular complexity index is 844. The van der Waals surface area contributed by atoms with Gasteiger partial charge in [0, 0.05) is 17.7 Å². The van der Waals surface area contributed by atoms with Gasteiger partial charge in [-0.25, -0.2) is 0 Å². The molecule has 142 valence electrons. The highest BCUT2D eigenvalue weighted by molar-refractivity contribution is 6.12. The zero-order chi connectivity index (χ0) is 19.8. The van der Waals surface area contributed by atoms with Crippen molar-refractivity contribution in [3.8, 4) is 17.2 Å². The monoisotopic (exact) mass is 366 g/mol. The van der Waals surface area contributed by atoms with Crippen molar-refractivity contribution in [3.63, 3.8) is 0 Å². The lowest BCUT2D eigenvalue weighted by Crippen LogP contribution is -2.06. The molecule has 0 atom stereocenters. The van der Waals surface area contributed by atoms with Gasteiger partial charge in [-0.05, 0) is 39.7 Å². The van der Waals surface area contributed by atoms with Gasteiger partial charge >= 0.3 is 0 Å². The van der Waals surface area contributed by atoms with Crippen LogP contribution in [0.25, 0.3) is 0 Å². The average molecular weight is 366 g/mol. The van der Waals surface area contributed by atoms with E-state index in [1.165, 1.54) is 17.2 Å². The van der Waals surface area contributed by atoms with Crippen molar-refractivity contribution < 1.29 is 19.7 Å². The fourth-order valence-electron chi connectivity index (χ4n) is 2.63. The van der Waals surface area contributed by atoms with Crippen molar-refractivity contribution in [2.24, 2.45) is 0 Å². The number of hydrogen-bond acceptors (Lipinski definition) is 4. The van der Waals surface area contributed by atoms with Crippen molar-refractivity contribution in [2.45, 2.75) is 33.6 Å². The van der Waals surface area contributed by atoms with E-state index in [0.717, 1.165) is 18.9 Å². The van der Waals surface area contributed by atoms with Crippen molar-refractivity contribution in [1.82, 2.24) is 0 Å². The molecule has 0 spiro atoms. The van der Waals surface area contributed by atoms with Crippen molar-refractivity contribution >= 4 is 5.78 Å². The molecular formula is C23H26O4. The Labute approximate surface area is 160 Å². The number of phenolic OH excluding ortho intramolecular Hbond substituents is 2. The number of carbonyl (C=O) groups excluding carboxylic acids is 1. The molecule has 0 saturated carbocycles. The highest BCUT2D eigenvalue weighted by Crippen LogP contribution is 2.34. The SMILES string of the molecule is CC(C)=CCCC(C)=CCOc1cc(O)cc(O)c1C(=O)c1ccccc1. The highest BCUT2D eigenvalue weighted by Gasteiger charge is 2.20. The maximum absolute atomic E-state index is 12.8. The normalized spacial score (nSPS) is 11.1. The second-order valence-corrected chi connectivity index (χ2v) is 6.71. The third-order valence-electron chi connectivity index (χ3n) is 4.09. The van der Waals surface area contributed by atoms with Gasteiger partial charge in [0.15, 0.2) is 0 Å². The summed E-state index contributed by atoms with van der Waals surface area (Å²) in [5, 5.41) is 20.0. The zero-order valence-electron chi connectivity index (χ0n) is 16.0. The first-order valence-electron chi connectivity index (χ1n) is 8.96. The van der Waals surface area contributed by atoms with Gasteiger partial charge in [0.25, 0.3) is 0 Å². The van der Waals surface area contributed by atoms with Crippen LogP contribution in [0.2, 0.25) is 0 Å². The lowest BCUT2D eigenvalue weighted by molar-refractivity contribution is 0.103. The molecule has 0 aliphatic heterocycles. The molecule has 2 rings (SSSR count). The number of hydrogen-bond donors (Lipinski definition) is 2. The smallest absolute Gasteiger partial charge is 0.200 e. The van der Waals surface area contributed by atoms with E-state index in [-0.39, 0.29) is 35.2 Å². The molecule has 0 aliphatic carbocycles. The van der Waals surface area contributed by atoms with Gasteiger partial charge in [-0.15, -0.1) is 0 Å². The van der Waals surface area contributed by atoms with Crippen LogP contribution in [0.1, 0.15) is 49.5 Å². The number of carbonyl (C=O) groups is 1. The summed E-state index contributed by atoms with van der Waals surface area (Å²) >= 11 is 0. The van der Waals surface area contributed by atoms with Gasteiger partial charge in [-0.1, -0.05) is 47.6 Å². The fraction of sp³-hybridized carbons (Fsp3) is 0.261. The number of benzene rings is 2. The molecule has 4 heteroatoms. The summed E-state index contributed by atoms with van der Waals surface area (Å²) in [6.07, 6.45) is 6.02. The predicted octanol–water partition coefficient (Wildman–Crippen LogP) is 5.40. The third-order valence-corrected chi connectivity index (χ3v) is 4.09. The van der Waals surface area contributed by atoms with Crippen LogP contribution in [0.3, 0.4) is 0 Å². The van der Waals surface area contributed by atoms with Gasteiger partial charge in [0.1, 0.15) is 29.4 Å². The Hall–Kier alpha value is -3.01. The van der Waals surface area contributed by atoms with Gasteiger partial charge in [0.2, 0.25) is 5.78 Å². The van der Waals surface area contributed by atoms with Crippen LogP contribution in [0, 0.1) is 0 Å². The number of ether oxygens (including phenoxy) is 1. The van der Waals surface area contributed by atoms with Crippen LogP contribution in [-0.2, 0) is 0 Å². The number of phenols is 2. The standard InChI is InChI=1S/C23H26O4/c1-16(2)8-7-9-17(3)12-13-27-21-15-19(24)14-20(25)22(21)23(26)18-10-5-4-6-11-18/h4-6,8,10-12,14-15,24-25H,7,9,13H2,1-3H3. The molecule has 0 heterocycles. The van der Waals surface area contributed by atoms with Crippen LogP contribution in [0.15, 0.2) is 65.8 Å². The number of ketones is 1. The molecule has 2 aromatic rings. The summed E-state index contributed by atoms with van der Waals surface area (Å²) in [6.45, 7) is 6.42. The summed E-state index contributed by atoms with van der Waals surface area (Å²) < 4.78 is 5.71. The van der Waals surface area contributed by atoms with E-state index < -0.39 is 0 Å². The molecule has 0 saturated heterocycles. The second-order valence-electron chi connectivity index (χ2n) is 6.71. The zero-order valence-corrected chi connectivity index (χ0v) is 16.0. The van der Waals surface area contributed by atoms with E-state index in [0.29, 0.717) is 5.56 Å². The van der Waals surface area contributed by atoms with E-state index in [2.05, 4.69) is 19.9 Å². The average Bonchev–Trinajstić information content (AvgIpc) is 2.61. The van der Waals surface area contributed by atoms with Crippen LogP contribution in [0.5, 0.6) is 17.2 Å². The second kappa shape index (κ2) is 9.62. The molecule has 4 nitrogen and oxygen atoms in total. The van der Waals surface area contributed by atoms with Crippen LogP contribution < -0.4 is 4.74 Å². The molecule has 2 aromatic carbocycles. The van der Waals surface area contributed by atoms with Crippen LogP contribution in [-0.4, -0.2) is 22.6 Å². The van der Waals surface area contributed by atoms with Gasteiger partial charge in [-0.2, -0.15) is 0 Å². The minimum absolute atomic E-state index is 0.0506. The van der Waals surface area contributed by atoms with Crippen molar-refractivity contribution in [1.29, 1.82) is 0 Å². The number of aromatic hydroxyl groups is 2. The predicted molar refractivity (Wildman–Crippen MR) is 108 cm³/mol. The summed E-state index contributed by atoms with van der Waals surface area (Å²) in [5.41, 5.74) is 2.96. The molecular weight excluding hydrogens is 340 g/mol. The van der Waals surface area contributed by atoms with E-state index >= 15 is 0 Å². The molecule has 0 aliphatic rings. The molecule has 0 aromatic heterocycles. The van der Waals surface area contributed by atoms with Crippen molar-refractivity contribution in [3.05, 3.63) is 76.9 Å². The Morgan fingerprint density at radius 3 is 2.41 bits per heavy atom. The first-order valence-corrected chi connectivity index (χ1v) is 8.96. The summed E-state index contributed by atoms with van der Waals surface area (Å²) in [7, 11) is 0. The molecule has 0 bridgehead atoms.